The molecule has 1 atom stereocenters. The Morgan fingerprint density at radius 3 is 2.95 bits per heavy atom. The third-order valence-corrected chi connectivity index (χ3v) is 2.89. The average molecular weight is 290 g/mol. The van der Waals surface area contributed by atoms with Gasteiger partial charge >= 0.3 is 0 Å². The molecule has 1 unspecified atom stereocenters. The number of aryl methyl sites for hydroxylation is 1. The van der Waals surface area contributed by atoms with Crippen molar-refractivity contribution in [2.24, 2.45) is 0 Å². The predicted octanol–water partition coefficient (Wildman–Crippen LogP) is 1.71. The Morgan fingerprint density at radius 2 is 2.29 bits per heavy atom. The van der Waals surface area contributed by atoms with Crippen LogP contribution in [0.4, 0.5) is 5.82 Å². The van der Waals surface area contributed by atoms with Gasteiger partial charge in [-0.15, -0.1) is 0 Å². The van der Waals surface area contributed by atoms with Gasteiger partial charge < -0.3 is 15.1 Å². The largest absolute Gasteiger partial charge is 0.459 e. The van der Waals surface area contributed by atoms with E-state index in [0.29, 0.717) is 5.82 Å². The van der Waals surface area contributed by atoms with E-state index in [1.807, 2.05) is 0 Å². The maximum atomic E-state index is 12.0. The predicted molar refractivity (Wildman–Crippen MR) is 76.8 cm³/mol. The average Bonchev–Trinajstić information content (AvgIpc) is 3.10. The van der Waals surface area contributed by atoms with Gasteiger partial charge in [0.15, 0.2) is 11.6 Å². The molecule has 2 aromatic rings. The number of furan rings is 1. The highest BCUT2D eigenvalue weighted by Crippen LogP contribution is 2.08. The number of carbonyl (C=O) groups excluding carboxylic acids is 2. The lowest BCUT2D eigenvalue weighted by molar-refractivity contribution is -0.117. The first-order valence-electron chi connectivity index (χ1n) is 6.79. The van der Waals surface area contributed by atoms with Crippen LogP contribution in [0, 0.1) is 0 Å². The van der Waals surface area contributed by atoms with Gasteiger partial charge in [-0.1, -0.05) is 13.3 Å². The molecule has 2 aromatic heterocycles. The van der Waals surface area contributed by atoms with Gasteiger partial charge in [-0.25, -0.2) is 0 Å². The maximum Gasteiger partial charge on any atom is 0.287 e. The highest BCUT2D eigenvalue weighted by atomic mass is 16.3. The zero-order valence-corrected chi connectivity index (χ0v) is 12.0. The highest BCUT2D eigenvalue weighted by Gasteiger charge is 2.18. The molecule has 2 amide bonds. The number of rotatable bonds is 6. The van der Waals surface area contributed by atoms with E-state index in [9.17, 15) is 9.59 Å². The summed E-state index contributed by atoms with van der Waals surface area (Å²) in [7, 11) is 0. The first-order chi connectivity index (χ1) is 10.1. The molecule has 0 aliphatic carbocycles. The van der Waals surface area contributed by atoms with Gasteiger partial charge in [0.2, 0.25) is 5.91 Å². The number of H-pyrrole nitrogens is 1. The molecule has 0 bridgehead atoms. The first-order valence-corrected chi connectivity index (χ1v) is 6.79. The molecular weight excluding hydrogens is 272 g/mol. The number of hydrogen-bond donors (Lipinski definition) is 3. The van der Waals surface area contributed by atoms with Crippen LogP contribution in [0.5, 0.6) is 0 Å². The Hall–Kier alpha value is -2.57. The minimum atomic E-state index is -0.700. The summed E-state index contributed by atoms with van der Waals surface area (Å²) in [4.78, 5) is 23.7. The molecule has 2 heterocycles. The van der Waals surface area contributed by atoms with Gasteiger partial charge in [0.1, 0.15) is 6.04 Å². The fourth-order valence-electron chi connectivity index (χ4n) is 1.80. The van der Waals surface area contributed by atoms with Gasteiger partial charge in [-0.05, 0) is 25.5 Å². The molecule has 0 aromatic carbocycles. The number of anilines is 1. The molecule has 0 saturated heterocycles. The van der Waals surface area contributed by atoms with E-state index in [0.717, 1.165) is 18.5 Å². The quantitative estimate of drug-likeness (QED) is 0.754. The van der Waals surface area contributed by atoms with Crippen molar-refractivity contribution in [1.29, 1.82) is 0 Å². The number of aromatic amines is 1. The Kier molecular flexibility index (Phi) is 4.76. The second kappa shape index (κ2) is 6.74. The minimum Gasteiger partial charge on any atom is -0.459 e. The van der Waals surface area contributed by atoms with Crippen molar-refractivity contribution >= 4 is 17.6 Å². The fraction of sp³-hybridized carbons (Fsp3) is 0.357. The van der Waals surface area contributed by atoms with Crippen LogP contribution in [0.1, 0.15) is 36.5 Å². The lowest BCUT2D eigenvalue weighted by Gasteiger charge is -2.11. The number of nitrogens with zero attached hydrogens (tertiary/aromatic N) is 1. The standard InChI is InChI=1S/C14H18N4O3/c1-3-5-10-8-12(18-17-10)16-13(19)9(2)15-14(20)11-6-4-7-21-11/h4,6-9H,3,5H2,1-2H3,(H,15,20)(H2,16,17,18,19). The van der Waals surface area contributed by atoms with Crippen LogP contribution in [0.25, 0.3) is 0 Å². The van der Waals surface area contributed by atoms with Crippen LogP contribution in [0.3, 0.4) is 0 Å². The van der Waals surface area contributed by atoms with Crippen molar-refractivity contribution in [3.05, 3.63) is 35.9 Å². The Morgan fingerprint density at radius 1 is 1.48 bits per heavy atom. The van der Waals surface area contributed by atoms with Gasteiger partial charge in [0.25, 0.3) is 5.91 Å². The third kappa shape index (κ3) is 3.95. The summed E-state index contributed by atoms with van der Waals surface area (Å²) >= 11 is 0. The fourth-order valence-corrected chi connectivity index (χ4v) is 1.80. The van der Waals surface area contributed by atoms with Crippen LogP contribution < -0.4 is 10.6 Å². The van der Waals surface area contributed by atoms with Crippen molar-refractivity contribution in [2.75, 3.05) is 5.32 Å². The summed E-state index contributed by atoms with van der Waals surface area (Å²) in [5, 5.41) is 12.0. The van der Waals surface area contributed by atoms with Gasteiger partial charge in [0, 0.05) is 11.8 Å². The molecular formula is C14H18N4O3. The normalized spacial score (nSPS) is 11.9. The van der Waals surface area contributed by atoms with E-state index in [1.165, 1.54) is 12.3 Å². The van der Waals surface area contributed by atoms with E-state index in [4.69, 9.17) is 4.42 Å². The summed E-state index contributed by atoms with van der Waals surface area (Å²) < 4.78 is 4.96. The summed E-state index contributed by atoms with van der Waals surface area (Å²) in [5.74, 6) is -0.164. The molecule has 0 aliphatic rings. The zero-order chi connectivity index (χ0) is 15.2. The lowest BCUT2D eigenvalue weighted by atomic mass is 10.2. The number of hydrogen-bond acceptors (Lipinski definition) is 4. The van der Waals surface area contributed by atoms with Crippen molar-refractivity contribution in [1.82, 2.24) is 15.5 Å². The number of carbonyl (C=O) groups is 2. The smallest absolute Gasteiger partial charge is 0.287 e. The highest BCUT2D eigenvalue weighted by molar-refractivity contribution is 5.99. The van der Waals surface area contributed by atoms with Crippen LogP contribution in [-0.4, -0.2) is 28.1 Å². The van der Waals surface area contributed by atoms with Crippen molar-refractivity contribution < 1.29 is 14.0 Å². The second-order valence-corrected chi connectivity index (χ2v) is 4.69. The molecule has 7 nitrogen and oxygen atoms in total. The molecule has 0 spiro atoms. The molecule has 0 fully saturated rings. The third-order valence-electron chi connectivity index (χ3n) is 2.89. The van der Waals surface area contributed by atoms with Crippen molar-refractivity contribution in [2.45, 2.75) is 32.7 Å². The molecule has 0 saturated carbocycles. The van der Waals surface area contributed by atoms with Crippen molar-refractivity contribution in [3.8, 4) is 0 Å². The second-order valence-electron chi connectivity index (χ2n) is 4.69. The van der Waals surface area contributed by atoms with Gasteiger partial charge in [-0.3, -0.25) is 14.7 Å². The Bertz CT molecular complexity index is 604. The van der Waals surface area contributed by atoms with Gasteiger partial charge in [-0.2, -0.15) is 5.10 Å². The molecule has 112 valence electrons. The van der Waals surface area contributed by atoms with E-state index in [1.54, 1.807) is 19.1 Å². The molecule has 3 N–H and O–H groups in total. The molecule has 21 heavy (non-hydrogen) atoms. The molecule has 7 heteroatoms. The molecule has 2 rings (SSSR count). The van der Waals surface area contributed by atoms with E-state index >= 15 is 0 Å². The topological polar surface area (TPSA) is 100 Å². The minimum absolute atomic E-state index is 0.166. The number of amides is 2. The summed E-state index contributed by atoms with van der Waals surface area (Å²) in [5.41, 5.74) is 0.958. The van der Waals surface area contributed by atoms with Crippen LogP contribution in [-0.2, 0) is 11.2 Å². The van der Waals surface area contributed by atoms with Gasteiger partial charge in [0.05, 0.1) is 6.26 Å². The molecule has 0 aliphatic heterocycles. The SMILES string of the molecule is CCCc1cc(NC(=O)C(C)NC(=O)c2ccco2)n[nH]1. The van der Waals surface area contributed by atoms with Crippen LogP contribution >= 0.6 is 0 Å². The Balaban J connectivity index is 1.88. The van der Waals surface area contributed by atoms with E-state index in [2.05, 4.69) is 27.8 Å². The first kappa shape index (κ1) is 14.8. The number of aromatic nitrogens is 2. The van der Waals surface area contributed by atoms with Crippen molar-refractivity contribution in [3.63, 3.8) is 0 Å². The maximum absolute atomic E-state index is 12.0. The lowest BCUT2D eigenvalue weighted by Crippen LogP contribution is -2.41. The van der Waals surface area contributed by atoms with Crippen LogP contribution in [0.2, 0.25) is 0 Å². The van der Waals surface area contributed by atoms with Crippen LogP contribution in [0.15, 0.2) is 28.9 Å². The number of nitrogens with one attached hydrogen (secondary N) is 3. The summed E-state index contributed by atoms with van der Waals surface area (Å²) in [6.07, 6.45) is 3.26. The zero-order valence-electron chi connectivity index (χ0n) is 12.0. The molecule has 0 radical (unpaired) electrons. The summed E-state index contributed by atoms with van der Waals surface area (Å²) in [6.45, 7) is 3.65. The summed E-state index contributed by atoms with van der Waals surface area (Å²) in [6, 6.07) is 4.22. The van der Waals surface area contributed by atoms with E-state index < -0.39 is 11.9 Å². The van der Waals surface area contributed by atoms with E-state index in [-0.39, 0.29) is 11.7 Å². The Labute approximate surface area is 122 Å². The monoisotopic (exact) mass is 290 g/mol.